The van der Waals surface area contributed by atoms with E-state index in [0.717, 1.165) is 43.2 Å². The van der Waals surface area contributed by atoms with Gasteiger partial charge < -0.3 is 20.1 Å². The zero-order valence-corrected chi connectivity index (χ0v) is 13.3. The Morgan fingerprint density at radius 1 is 1.26 bits per heavy atom. The van der Waals surface area contributed by atoms with Crippen LogP contribution in [0.25, 0.3) is 0 Å². The number of rotatable bonds is 5. The number of hydrogen-bond acceptors (Lipinski definition) is 6. The highest BCUT2D eigenvalue weighted by atomic mass is 16.5. The van der Waals surface area contributed by atoms with Crippen LogP contribution < -0.4 is 20.1 Å². The minimum atomic E-state index is 0.0913. The summed E-state index contributed by atoms with van der Waals surface area (Å²) in [5.41, 5.74) is 5.73. The SMILES string of the molecule is CCOc1ccccc1O[C@@H]1CCCN(c2cncc(N)n2)C1. The average Bonchev–Trinajstić information content (AvgIpc) is 2.57. The van der Waals surface area contributed by atoms with Gasteiger partial charge in [0.15, 0.2) is 11.5 Å². The first-order chi connectivity index (χ1) is 11.3. The Hall–Kier alpha value is -2.50. The van der Waals surface area contributed by atoms with E-state index in [2.05, 4.69) is 14.9 Å². The zero-order valence-electron chi connectivity index (χ0n) is 13.3. The van der Waals surface area contributed by atoms with Crippen LogP contribution in [0.15, 0.2) is 36.7 Å². The van der Waals surface area contributed by atoms with Crippen LogP contribution in [0.1, 0.15) is 19.8 Å². The van der Waals surface area contributed by atoms with Crippen molar-refractivity contribution in [3.63, 3.8) is 0 Å². The Morgan fingerprint density at radius 2 is 2.09 bits per heavy atom. The van der Waals surface area contributed by atoms with Crippen molar-refractivity contribution in [1.82, 2.24) is 9.97 Å². The quantitative estimate of drug-likeness (QED) is 0.914. The fraction of sp³-hybridized carbons (Fsp3) is 0.412. The molecule has 0 unspecified atom stereocenters. The van der Waals surface area contributed by atoms with E-state index in [1.165, 1.54) is 0 Å². The Bertz CT molecular complexity index is 650. The number of piperidine rings is 1. The van der Waals surface area contributed by atoms with Gasteiger partial charge in [-0.25, -0.2) is 4.98 Å². The molecular formula is C17H22N4O2. The van der Waals surface area contributed by atoms with Crippen LogP contribution in [0.2, 0.25) is 0 Å². The van der Waals surface area contributed by atoms with Crippen molar-refractivity contribution in [2.45, 2.75) is 25.9 Å². The number of para-hydroxylation sites is 2. The lowest BCUT2D eigenvalue weighted by Crippen LogP contribution is -2.41. The monoisotopic (exact) mass is 314 g/mol. The van der Waals surface area contributed by atoms with Crippen LogP contribution in [-0.4, -0.2) is 35.8 Å². The number of benzene rings is 1. The van der Waals surface area contributed by atoms with E-state index >= 15 is 0 Å². The number of aromatic nitrogens is 2. The van der Waals surface area contributed by atoms with Gasteiger partial charge in [-0.3, -0.25) is 4.98 Å². The van der Waals surface area contributed by atoms with Gasteiger partial charge in [-0.05, 0) is 31.9 Å². The molecule has 0 bridgehead atoms. The lowest BCUT2D eigenvalue weighted by molar-refractivity contribution is 0.170. The van der Waals surface area contributed by atoms with Crippen molar-refractivity contribution in [1.29, 1.82) is 0 Å². The van der Waals surface area contributed by atoms with Crippen LogP contribution >= 0.6 is 0 Å². The van der Waals surface area contributed by atoms with E-state index < -0.39 is 0 Å². The second-order valence-corrected chi connectivity index (χ2v) is 5.51. The number of nitrogen functional groups attached to an aromatic ring is 1. The first-order valence-electron chi connectivity index (χ1n) is 7.97. The van der Waals surface area contributed by atoms with Gasteiger partial charge in [0.2, 0.25) is 0 Å². The molecule has 3 rings (SSSR count). The maximum Gasteiger partial charge on any atom is 0.161 e. The number of anilines is 2. The Balaban J connectivity index is 1.70. The Kier molecular flexibility index (Phi) is 4.80. The Labute approximate surface area is 136 Å². The van der Waals surface area contributed by atoms with Crippen LogP contribution in [0.5, 0.6) is 11.5 Å². The molecule has 2 heterocycles. The van der Waals surface area contributed by atoms with Crippen LogP contribution in [-0.2, 0) is 0 Å². The number of hydrogen-bond donors (Lipinski definition) is 1. The molecule has 1 saturated heterocycles. The summed E-state index contributed by atoms with van der Waals surface area (Å²) < 4.78 is 11.8. The molecule has 23 heavy (non-hydrogen) atoms. The second kappa shape index (κ2) is 7.17. The predicted octanol–water partition coefficient (Wildman–Crippen LogP) is 2.51. The summed E-state index contributed by atoms with van der Waals surface area (Å²) in [4.78, 5) is 10.6. The molecule has 0 amide bonds. The predicted molar refractivity (Wildman–Crippen MR) is 89.9 cm³/mol. The molecule has 1 atom stereocenters. The van der Waals surface area contributed by atoms with Crippen LogP contribution in [0.4, 0.5) is 11.6 Å². The first kappa shape index (κ1) is 15.4. The summed E-state index contributed by atoms with van der Waals surface area (Å²) in [6.07, 6.45) is 5.44. The van der Waals surface area contributed by atoms with Gasteiger partial charge in [0, 0.05) is 6.54 Å². The van der Waals surface area contributed by atoms with Gasteiger partial charge in [0.05, 0.1) is 25.5 Å². The molecule has 1 aromatic carbocycles. The van der Waals surface area contributed by atoms with Crippen molar-refractivity contribution in [3.8, 4) is 11.5 Å². The highest BCUT2D eigenvalue weighted by Crippen LogP contribution is 2.29. The van der Waals surface area contributed by atoms with E-state index in [4.69, 9.17) is 15.2 Å². The summed E-state index contributed by atoms with van der Waals surface area (Å²) >= 11 is 0. The third kappa shape index (κ3) is 3.83. The standard InChI is InChI=1S/C17H22N4O2/c1-2-22-14-7-3-4-8-15(14)23-13-6-5-9-21(12-13)17-11-19-10-16(18)20-17/h3-4,7-8,10-11,13H,2,5-6,9,12H2,1H3,(H2,18,20)/t13-/m1/s1. The summed E-state index contributed by atoms with van der Waals surface area (Å²) in [6.45, 7) is 4.29. The molecule has 6 nitrogen and oxygen atoms in total. The third-order valence-electron chi connectivity index (χ3n) is 3.79. The fourth-order valence-electron chi connectivity index (χ4n) is 2.77. The highest BCUT2D eigenvalue weighted by molar-refractivity contribution is 5.43. The zero-order chi connectivity index (χ0) is 16.1. The molecule has 2 N–H and O–H groups in total. The van der Waals surface area contributed by atoms with Gasteiger partial charge in [0.25, 0.3) is 0 Å². The van der Waals surface area contributed by atoms with Gasteiger partial charge in [-0.15, -0.1) is 0 Å². The molecule has 1 fully saturated rings. The van der Waals surface area contributed by atoms with E-state index in [0.29, 0.717) is 12.4 Å². The molecule has 6 heteroatoms. The maximum absolute atomic E-state index is 6.17. The van der Waals surface area contributed by atoms with Gasteiger partial charge in [-0.1, -0.05) is 12.1 Å². The average molecular weight is 314 g/mol. The summed E-state index contributed by atoms with van der Waals surface area (Å²) in [5, 5.41) is 0. The topological polar surface area (TPSA) is 73.5 Å². The molecule has 0 aliphatic carbocycles. The highest BCUT2D eigenvalue weighted by Gasteiger charge is 2.23. The lowest BCUT2D eigenvalue weighted by atomic mass is 10.1. The first-order valence-corrected chi connectivity index (χ1v) is 7.97. The number of nitrogens with two attached hydrogens (primary N) is 1. The minimum Gasteiger partial charge on any atom is -0.490 e. The normalized spacial score (nSPS) is 17.8. The molecular weight excluding hydrogens is 292 g/mol. The molecule has 0 spiro atoms. The molecule has 1 aromatic heterocycles. The molecule has 1 aliphatic heterocycles. The van der Waals surface area contributed by atoms with Crippen molar-refractivity contribution >= 4 is 11.6 Å². The number of nitrogens with zero attached hydrogens (tertiary/aromatic N) is 3. The molecule has 0 radical (unpaired) electrons. The van der Waals surface area contributed by atoms with Gasteiger partial charge >= 0.3 is 0 Å². The molecule has 0 saturated carbocycles. The van der Waals surface area contributed by atoms with Crippen LogP contribution in [0, 0.1) is 0 Å². The fourth-order valence-corrected chi connectivity index (χ4v) is 2.77. The van der Waals surface area contributed by atoms with Crippen molar-refractivity contribution in [2.75, 3.05) is 30.3 Å². The lowest BCUT2D eigenvalue weighted by Gasteiger charge is -2.33. The Morgan fingerprint density at radius 3 is 2.87 bits per heavy atom. The summed E-state index contributed by atoms with van der Waals surface area (Å²) in [5.74, 6) is 2.82. The van der Waals surface area contributed by atoms with E-state index in [-0.39, 0.29) is 6.10 Å². The smallest absolute Gasteiger partial charge is 0.161 e. The summed E-state index contributed by atoms with van der Waals surface area (Å²) in [7, 11) is 0. The van der Waals surface area contributed by atoms with Crippen LogP contribution in [0.3, 0.4) is 0 Å². The summed E-state index contributed by atoms with van der Waals surface area (Å²) in [6, 6.07) is 7.79. The van der Waals surface area contributed by atoms with E-state index in [1.807, 2.05) is 31.2 Å². The molecule has 2 aromatic rings. The largest absolute Gasteiger partial charge is 0.490 e. The minimum absolute atomic E-state index is 0.0913. The van der Waals surface area contributed by atoms with E-state index in [1.54, 1.807) is 12.4 Å². The second-order valence-electron chi connectivity index (χ2n) is 5.51. The van der Waals surface area contributed by atoms with Gasteiger partial charge in [-0.2, -0.15) is 0 Å². The number of ether oxygens (including phenoxy) is 2. The van der Waals surface area contributed by atoms with Gasteiger partial charge in [0.1, 0.15) is 17.7 Å². The third-order valence-corrected chi connectivity index (χ3v) is 3.79. The maximum atomic E-state index is 6.17. The molecule has 1 aliphatic rings. The van der Waals surface area contributed by atoms with Crippen molar-refractivity contribution < 1.29 is 9.47 Å². The van der Waals surface area contributed by atoms with Crippen molar-refractivity contribution in [2.24, 2.45) is 0 Å². The molecule has 122 valence electrons. The van der Waals surface area contributed by atoms with Crippen molar-refractivity contribution in [3.05, 3.63) is 36.7 Å². The van der Waals surface area contributed by atoms with E-state index in [9.17, 15) is 0 Å².